The molecule has 1 N–H and O–H groups in total. The van der Waals surface area contributed by atoms with Crippen LogP contribution >= 0.6 is 22.9 Å². The van der Waals surface area contributed by atoms with Crippen molar-refractivity contribution >= 4 is 43.8 Å². The summed E-state index contributed by atoms with van der Waals surface area (Å²) in [7, 11) is -3.64. The molecular formula is C17H14ClN3O3S2. The Bertz CT molecular complexity index is 1050. The van der Waals surface area contributed by atoms with Crippen LogP contribution < -0.4 is 5.32 Å². The van der Waals surface area contributed by atoms with Gasteiger partial charge in [0.15, 0.2) is 0 Å². The van der Waals surface area contributed by atoms with Crippen LogP contribution in [-0.2, 0) is 15.6 Å². The predicted octanol–water partition coefficient (Wildman–Crippen LogP) is 3.73. The molecule has 6 nitrogen and oxygen atoms in total. The number of aryl methyl sites for hydroxylation is 1. The van der Waals surface area contributed by atoms with E-state index in [-0.39, 0.29) is 15.2 Å². The van der Waals surface area contributed by atoms with Gasteiger partial charge in [-0.2, -0.15) is 0 Å². The Balaban J connectivity index is 1.74. The number of aromatic nitrogens is 2. The molecule has 0 aliphatic heterocycles. The summed E-state index contributed by atoms with van der Waals surface area (Å²) in [6.45, 7) is 1.89. The van der Waals surface area contributed by atoms with E-state index in [0.29, 0.717) is 16.1 Å². The average molecular weight is 408 g/mol. The lowest BCUT2D eigenvalue weighted by Crippen LogP contribution is -2.11. The third-order valence-electron chi connectivity index (χ3n) is 3.44. The summed E-state index contributed by atoms with van der Waals surface area (Å²) in [5.74, 6) is -0.588. The van der Waals surface area contributed by atoms with Crippen molar-refractivity contribution in [3.8, 4) is 0 Å². The van der Waals surface area contributed by atoms with Crippen LogP contribution in [0.5, 0.6) is 0 Å². The van der Waals surface area contributed by atoms with Crippen molar-refractivity contribution in [1.29, 1.82) is 0 Å². The van der Waals surface area contributed by atoms with E-state index in [1.165, 1.54) is 0 Å². The fourth-order valence-corrected chi connectivity index (χ4v) is 4.67. The van der Waals surface area contributed by atoms with Gasteiger partial charge in [0.2, 0.25) is 19.3 Å². The minimum Gasteiger partial charge on any atom is -0.296 e. The van der Waals surface area contributed by atoms with Gasteiger partial charge in [-0.15, -0.1) is 10.2 Å². The van der Waals surface area contributed by atoms with E-state index in [1.807, 2.05) is 19.1 Å². The number of hydrogen-bond donors (Lipinski definition) is 1. The maximum atomic E-state index is 12.5. The lowest BCUT2D eigenvalue weighted by Gasteiger charge is -2.02. The number of carbonyl (C=O) groups excluding carboxylic acids is 1. The van der Waals surface area contributed by atoms with E-state index in [9.17, 15) is 13.2 Å². The normalized spacial score (nSPS) is 11.3. The van der Waals surface area contributed by atoms with E-state index in [0.717, 1.165) is 16.9 Å². The highest BCUT2D eigenvalue weighted by molar-refractivity contribution is 7.92. The summed E-state index contributed by atoms with van der Waals surface area (Å²) in [6.07, 6.45) is 0. The second-order valence-corrected chi connectivity index (χ2v) is 9.16. The second kappa shape index (κ2) is 7.53. The Labute approximate surface area is 159 Å². The number of nitrogens with one attached hydrogen (secondary N) is 1. The minimum absolute atomic E-state index is 0.118. The molecule has 3 rings (SSSR count). The third-order valence-corrected chi connectivity index (χ3v) is 6.66. The maximum absolute atomic E-state index is 12.5. The summed E-state index contributed by atoms with van der Waals surface area (Å²) < 4.78 is 24.9. The van der Waals surface area contributed by atoms with Crippen LogP contribution in [0.3, 0.4) is 0 Å². The molecule has 2 aromatic carbocycles. The van der Waals surface area contributed by atoms with E-state index in [4.69, 9.17) is 11.6 Å². The molecule has 9 heteroatoms. The molecule has 0 fully saturated rings. The van der Waals surface area contributed by atoms with E-state index < -0.39 is 15.7 Å². The molecule has 0 aliphatic rings. The number of halogens is 1. The molecule has 0 spiro atoms. The number of anilines is 1. The number of carbonyl (C=O) groups is 1. The zero-order valence-electron chi connectivity index (χ0n) is 13.6. The van der Waals surface area contributed by atoms with Gasteiger partial charge in [0.25, 0.3) is 5.91 Å². The highest BCUT2D eigenvalue weighted by Gasteiger charge is 2.22. The van der Waals surface area contributed by atoms with Gasteiger partial charge in [-0.05, 0) is 36.8 Å². The molecule has 0 bridgehead atoms. The summed E-state index contributed by atoms with van der Waals surface area (Å²) in [5.41, 5.74) is 2.03. The Kier molecular flexibility index (Phi) is 5.36. The molecule has 1 aromatic heterocycles. The summed E-state index contributed by atoms with van der Waals surface area (Å²) in [4.78, 5) is 12.1. The van der Waals surface area contributed by atoms with Crippen molar-refractivity contribution in [2.75, 3.05) is 5.32 Å². The molecule has 26 heavy (non-hydrogen) atoms. The number of amides is 1. The third kappa shape index (κ3) is 4.46. The molecule has 0 atom stereocenters. The van der Waals surface area contributed by atoms with Crippen molar-refractivity contribution in [2.24, 2.45) is 0 Å². The van der Waals surface area contributed by atoms with E-state index in [2.05, 4.69) is 15.5 Å². The maximum Gasteiger partial charge on any atom is 0.257 e. The van der Waals surface area contributed by atoms with Crippen LogP contribution in [0, 0.1) is 6.92 Å². The van der Waals surface area contributed by atoms with Gasteiger partial charge in [-0.1, -0.05) is 52.8 Å². The van der Waals surface area contributed by atoms with Crippen LogP contribution in [0.2, 0.25) is 5.02 Å². The summed E-state index contributed by atoms with van der Waals surface area (Å²) >= 11 is 6.61. The van der Waals surface area contributed by atoms with Crippen molar-refractivity contribution in [1.82, 2.24) is 10.2 Å². The van der Waals surface area contributed by atoms with Gasteiger partial charge in [-0.3, -0.25) is 10.1 Å². The van der Waals surface area contributed by atoms with Crippen LogP contribution in [0.15, 0.2) is 52.9 Å². The highest BCUT2D eigenvalue weighted by Crippen LogP contribution is 2.24. The van der Waals surface area contributed by atoms with Crippen molar-refractivity contribution in [3.05, 3.63) is 70.2 Å². The number of sulfone groups is 1. The predicted molar refractivity (Wildman–Crippen MR) is 101 cm³/mol. The first-order valence-corrected chi connectivity index (χ1v) is 10.4. The average Bonchev–Trinajstić information content (AvgIpc) is 3.04. The quantitative estimate of drug-likeness (QED) is 0.651. The molecule has 0 saturated carbocycles. The monoisotopic (exact) mass is 407 g/mol. The number of nitrogens with zero attached hydrogens (tertiary/aromatic N) is 2. The smallest absolute Gasteiger partial charge is 0.257 e. The Hall–Kier alpha value is -2.29. The molecule has 3 aromatic rings. The number of rotatable bonds is 5. The lowest BCUT2D eigenvalue weighted by molar-refractivity contribution is 0.102. The van der Waals surface area contributed by atoms with Crippen molar-refractivity contribution < 1.29 is 13.2 Å². The van der Waals surface area contributed by atoms with Crippen LogP contribution in [0.4, 0.5) is 5.13 Å². The Morgan fingerprint density at radius 2 is 1.88 bits per heavy atom. The van der Waals surface area contributed by atoms with Gasteiger partial charge >= 0.3 is 0 Å². The van der Waals surface area contributed by atoms with Crippen molar-refractivity contribution in [3.63, 3.8) is 0 Å². The minimum atomic E-state index is -3.64. The van der Waals surface area contributed by atoms with Gasteiger partial charge in [0.1, 0.15) is 0 Å². The first-order valence-electron chi connectivity index (χ1n) is 7.52. The van der Waals surface area contributed by atoms with Gasteiger partial charge in [-0.25, -0.2) is 8.42 Å². The molecule has 0 unspecified atom stereocenters. The van der Waals surface area contributed by atoms with E-state index >= 15 is 0 Å². The van der Waals surface area contributed by atoms with Crippen LogP contribution in [-0.4, -0.2) is 24.5 Å². The molecule has 0 radical (unpaired) electrons. The largest absolute Gasteiger partial charge is 0.296 e. The molecular weight excluding hydrogens is 394 g/mol. The zero-order valence-corrected chi connectivity index (χ0v) is 16.0. The molecule has 0 aliphatic carbocycles. The van der Waals surface area contributed by atoms with Crippen LogP contribution in [0.1, 0.15) is 21.5 Å². The van der Waals surface area contributed by atoms with Crippen molar-refractivity contribution in [2.45, 2.75) is 17.0 Å². The van der Waals surface area contributed by atoms with Gasteiger partial charge < -0.3 is 0 Å². The lowest BCUT2D eigenvalue weighted by atomic mass is 10.2. The summed E-state index contributed by atoms with van der Waals surface area (Å²) in [6, 6.07) is 13.6. The first-order chi connectivity index (χ1) is 12.3. The molecule has 1 heterocycles. The highest BCUT2D eigenvalue weighted by atomic mass is 35.5. The molecule has 0 saturated heterocycles. The van der Waals surface area contributed by atoms with Gasteiger partial charge in [0.05, 0.1) is 5.75 Å². The molecule has 134 valence electrons. The Morgan fingerprint density at radius 1 is 1.15 bits per heavy atom. The molecule has 1 amide bonds. The van der Waals surface area contributed by atoms with Gasteiger partial charge in [0, 0.05) is 10.6 Å². The van der Waals surface area contributed by atoms with Crippen LogP contribution in [0.25, 0.3) is 0 Å². The standard InChI is InChI=1S/C17H14ClN3O3S2/c1-11-3-2-4-12(9-11)10-26(23,24)17-21-20-16(25-17)19-15(22)13-5-7-14(18)8-6-13/h2-9H,10H2,1H3,(H,19,20,22). The van der Waals surface area contributed by atoms with E-state index in [1.54, 1.807) is 36.4 Å². The fraction of sp³-hybridized carbons (Fsp3) is 0.118. The zero-order chi connectivity index (χ0) is 18.7. The fourth-order valence-electron chi connectivity index (χ4n) is 2.24. The first kappa shape index (κ1) is 18.5. The number of benzene rings is 2. The SMILES string of the molecule is Cc1cccc(CS(=O)(=O)c2nnc(NC(=O)c3ccc(Cl)cc3)s2)c1. The summed E-state index contributed by atoms with van der Waals surface area (Å²) in [5, 5.41) is 10.6. The number of hydrogen-bond acceptors (Lipinski definition) is 6. The Morgan fingerprint density at radius 3 is 2.58 bits per heavy atom. The topological polar surface area (TPSA) is 89.0 Å². The second-order valence-electron chi connectivity index (χ2n) is 5.58.